The van der Waals surface area contributed by atoms with Crippen LogP contribution in [0.5, 0.6) is 0 Å². The lowest BCUT2D eigenvalue weighted by Crippen LogP contribution is -2.53. The minimum atomic E-state index is -4.94. The number of benzene rings is 1. The number of nitrogens with zero attached hydrogens (tertiary/aromatic N) is 3. The second-order valence-electron chi connectivity index (χ2n) is 8.11. The standard InChI is InChI=1S/C21H22F3N3O4/c22-21(23,24)20(31)26-10-8-25(9-11-26)17(28)13-6-7-15-16(12-13)19(30)27(18(15)29)14-4-2-1-3-5-14/h6-7,12,14H,1-5,8-11H2. The van der Waals surface area contributed by atoms with Crippen molar-refractivity contribution in [3.8, 4) is 0 Å². The Bertz CT molecular complexity index is 932. The number of piperazine rings is 1. The van der Waals surface area contributed by atoms with Crippen LogP contribution in [0.3, 0.4) is 0 Å². The molecule has 1 saturated carbocycles. The summed E-state index contributed by atoms with van der Waals surface area (Å²) in [6.07, 6.45) is -0.380. The van der Waals surface area contributed by atoms with Crippen LogP contribution in [0.15, 0.2) is 18.2 Å². The number of alkyl halides is 3. The first-order chi connectivity index (χ1) is 14.7. The highest BCUT2D eigenvalue weighted by atomic mass is 19.4. The van der Waals surface area contributed by atoms with Gasteiger partial charge in [0.1, 0.15) is 0 Å². The first-order valence-corrected chi connectivity index (χ1v) is 10.4. The van der Waals surface area contributed by atoms with Crippen LogP contribution in [0.4, 0.5) is 13.2 Å². The molecule has 0 spiro atoms. The van der Waals surface area contributed by atoms with Gasteiger partial charge in [0.2, 0.25) is 0 Å². The molecular formula is C21H22F3N3O4. The summed E-state index contributed by atoms with van der Waals surface area (Å²) in [7, 11) is 0. The van der Waals surface area contributed by atoms with Gasteiger partial charge in [-0.25, -0.2) is 0 Å². The van der Waals surface area contributed by atoms with Crippen molar-refractivity contribution >= 4 is 23.6 Å². The Labute approximate surface area is 176 Å². The number of hydrogen-bond acceptors (Lipinski definition) is 4. The van der Waals surface area contributed by atoms with Gasteiger partial charge < -0.3 is 9.80 Å². The number of halogens is 3. The maximum absolute atomic E-state index is 12.9. The van der Waals surface area contributed by atoms with Crippen LogP contribution < -0.4 is 0 Å². The summed E-state index contributed by atoms with van der Waals surface area (Å²) in [6, 6.07) is 4.20. The summed E-state index contributed by atoms with van der Waals surface area (Å²) in [6.45, 7) is -0.526. The lowest BCUT2D eigenvalue weighted by atomic mass is 9.94. The van der Waals surface area contributed by atoms with E-state index in [1.165, 1.54) is 28.0 Å². The molecule has 2 fully saturated rings. The molecule has 0 radical (unpaired) electrons. The summed E-state index contributed by atoms with van der Waals surface area (Å²) < 4.78 is 37.7. The first-order valence-electron chi connectivity index (χ1n) is 10.4. The van der Waals surface area contributed by atoms with Gasteiger partial charge in [-0.15, -0.1) is 0 Å². The fourth-order valence-electron chi connectivity index (χ4n) is 4.54. The van der Waals surface area contributed by atoms with Gasteiger partial charge in [0, 0.05) is 37.8 Å². The zero-order valence-corrected chi connectivity index (χ0v) is 16.8. The average Bonchev–Trinajstić information content (AvgIpc) is 3.02. The predicted molar refractivity (Wildman–Crippen MR) is 102 cm³/mol. The number of carbonyl (C=O) groups excluding carboxylic acids is 4. The predicted octanol–water partition coefficient (Wildman–Crippen LogP) is 2.46. The van der Waals surface area contributed by atoms with Crippen molar-refractivity contribution in [1.29, 1.82) is 0 Å². The van der Waals surface area contributed by atoms with Crippen molar-refractivity contribution in [2.75, 3.05) is 26.2 Å². The zero-order valence-electron chi connectivity index (χ0n) is 16.8. The van der Waals surface area contributed by atoms with Gasteiger partial charge in [-0.3, -0.25) is 24.1 Å². The number of hydrogen-bond donors (Lipinski definition) is 0. The third-order valence-electron chi connectivity index (χ3n) is 6.20. The molecule has 2 heterocycles. The van der Waals surface area contributed by atoms with Gasteiger partial charge in [-0.1, -0.05) is 19.3 Å². The Balaban J connectivity index is 1.46. The van der Waals surface area contributed by atoms with Crippen LogP contribution in [0.1, 0.15) is 63.2 Å². The van der Waals surface area contributed by atoms with Crippen LogP contribution in [0.25, 0.3) is 0 Å². The van der Waals surface area contributed by atoms with E-state index in [4.69, 9.17) is 0 Å². The molecule has 10 heteroatoms. The average molecular weight is 437 g/mol. The van der Waals surface area contributed by atoms with Crippen molar-refractivity contribution in [3.63, 3.8) is 0 Å². The molecule has 3 aliphatic rings. The molecule has 1 aromatic rings. The monoisotopic (exact) mass is 437 g/mol. The molecule has 4 amide bonds. The van der Waals surface area contributed by atoms with Crippen molar-refractivity contribution in [3.05, 3.63) is 34.9 Å². The second kappa shape index (κ2) is 7.97. The minimum absolute atomic E-state index is 0.0428. The summed E-state index contributed by atoms with van der Waals surface area (Å²) in [5.74, 6) is -3.10. The second-order valence-corrected chi connectivity index (χ2v) is 8.11. The number of amides is 4. The van der Waals surface area contributed by atoms with Crippen LogP contribution >= 0.6 is 0 Å². The molecular weight excluding hydrogens is 415 g/mol. The van der Waals surface area contributed by atoms with E-state index < -0.39 is 23.9 Å². The van der Waals surface area contributed by atoms with E-state index in [0.717, 1.165) is 32.1 Å². The Kier molecular flexibility index (Phi) is 5.49. The van der Waals surface area contributed by atoms with Gasteiger partial charge in [-0.05, 0) is 31.0 Å². The van der Waals surface area contributed by atoms with Gasteiger partial charge in [-0.2, -0.15) is 13.2 Å². The highest BCUT2D eigenvalue weighted by Gasteiger charge is 2.44. The van der Waals surface area contributed by atoms with Crippen molar-refractivity contribution in [2.24, 2.45) is 0 Å². The number of carbonyl (C=O) groups is 4. The summed E-state index contributed by atoms with van der Waals surface area (Å²) in [5.41, 5.74) is 0.654. The first kappa shape index (κ1) is 21.3. The summed E-state index contributed by atoms with van der Waals surface area (Å²) in [4.78, 5) is 53.2. The van der Waals surface area contributed by atoms with Crippen LogP contribution in [0.2, 0.25) is 0 Å². The molecule has 0 aromatic heterocycles. The molecule has 1 aromatic carbocycles. The number of fused-ring (bicyclic) bond motifs is 1. The van der Waals surface area contributed by atoms with E-state index in [0.29, 0.717) is 4.90 Å². The van der Waals surface area contributed by atoms with E-state index in [2.05, 4.69) is 0 Å². The largest absolute Gasteiger partial charge is 0.471 e. The lowest BCUT2D eigenvalue weighted by Gasteiger charge is -2.35. The van der Waals surface area contributed by atoms with E-state index >= 15 is 0 Å². The SMILES string of the molecule is O=C(c1ccc2c(c1)C(=O)N(C1CCCCC1)C2=O)N1CCN(C(=O)C(F)(F)F)CC1. The zero-order chi connectivity index (χ0) is 22.3. The molecule has 7 nitrogen and oxygen atoms in total. The van der Waals surface area contributed by atoms with Crippen molar-refractivity contribution in [2.45, 2.75) is 44.3 Å². The molecule has 0 N–H and O–H groups in total. The highest BCUT2D eigenvalue weighted by Crippen LogP contribution is 2.31. The molecule has 1 saturated heterocycles. The maximum Gasteiger partial charge on any atom is 0.471 e. The van der Waals surface area contributed by atoms with Crippen molar-refractivity contribution < 1.29 is 32.3 Å². The molecule has 0 unspecified atom stereocenters. The molecule has 1 aliphatic carbocycles. The number of imide groups is 1. The van der Waals surface area contributed by atoms with Crippen LogP contribution in [-0.4, -0.2) is 76.7 Å². The van der Waals surface area contributed by atoms with Gasteiger partial charge >= 0.3 is 12.1 Å². The van der Waals surface area contributed by atoms with Gasteiger partial charge in [0.05, 0.1) is 11.1 Å². The molecule has 31 heavy (non-hydrogen) atoms. The third kappa shape index (κ3) is 3.90. The van der Waals surface area contributed by atoms with Gasteiger partial charge in [0.25, 0.3) is 17.7 Å². The third-order valence-corrected chi connectivity index (χ3v) is 6.20. The molecule has 2 aliphatic heterocycles. The lowest BCUT2D eigenvalue weighted by molar-refractivity contribution is -0.186. The van der Waals surface area contributed by atoms with Crippen LogP contribution in [0, 0.1) is 0 Å². The normalized spacial score (nSPS) is 20.3. The molecule has 4 rings (SSSR count). The fourth-order valence-corrected chi connectivity index (χ4v) is 4.54. The smallest absolute Gasteiger partial charge is 0.335 e. The molecule has 166 valence electrons. The Morgan fingerprint density at radius 2 is 1.42 bits per heavy atom. The maximum atomic E-state index is 12.9. The minimum Gasteiger partial charge on any atom is -0.335 e. The Hall–Kier alpha value is -2.91. The van der Waals surface area contributed by atoms with E-state index in [1.807, 2.05) is 0 Å². The highest BCUT2D eigenvalue weighted by molar-refractivity contribution is 6.22. The quantitative estimate of drug-likeness (QED) is 0.666. The number of rotatable bonds is 2. The van der Waals surface area contributed by atoms with E-state index in [9.17, 15) is 32.3 Å². The van der Waals surface area contributed by atoms with Gasteiger partial charge in [0.15, 0.2) is 0 Å². The Morgan fingerprint density at radius 1 is 0.839 bits per heavy atom. The molecule has 0 atom stereocenters. The fraction of sp³-hybridized carbons (Fsp3) is 0.524. The van der Waals surface area contributed by atoms with Crippen molar-refractivity contribution in [1.82, 2.24) is 14.7 Å². The van der Waals surface area contributed by atoms with E-state index in [-0.39, 0.29) is 54.8 Å². The topological polar surface area (TPSA) is 78.0 Å². The van der Waals surface area contributed by atoms with Crippen LogP contribution in [-0.2, 0) is 4.79 Å². The Morgan fingerprint density at radius 3 is 2.03 bits per heavy atom. The summed E-state index contributed by atoms with van der Waals surface area (Å²) in [5, 5.41) is 0. The van der Waals surface area contributed by atoms with E-state index in [1.54, 1.807) is 0 Å². The summed E-state index contributed by atoms with van der Waals surface area (Å²) >= 11 is 0. The molecule has 0 bridgehead atoms.